The standard InChI is InChI=1S/C14H20N4O/c1-18(4-5-19-9-10-2-3-10)14-7-13-11(6-12(14)15)8-16-17-13/h6-8,10H,2-5,9,15H2,1H3,(H,16,17). The van der Waals surface area contributed by atoms with Gasteiger partial charge in [0.25, 0.3) is 0 Å². The van der Waals surface area contributed by atoms with E-state index in [4.69, 9.17) is 10.5 Å². The highest BCUT2D eigenvalue weighted by Gasteiger charge is 2.21. The molecule has 0 bridgehead atoms. The molecule has 0 radical (unpaired) electrons. The van der Waals surface area contributed by atoms with Gasteiger partial charge in [0, 0.05) is 25.6 Å². The Bertz CT molecular complexity index is 562. The van der Waals surface area contributed by atoms with Crippen LogP contribution in [0, 0.1) is 5.92 Å². The lowest BCUT2D eigenvalue weighted by Crippen LogP contribution is -2.23. The molecule has 3 rings (SSSR count). The molecular formula is C14H20N4O. The summed E-state index contributed by atoms with van der Waals surface area (Å²) >= 11 is 0. The SMILES string of the molecule is CN(CCOCC1CC1)c1cc2[nH]ncc2cc1N. The smallest absolute Gasteiger partial charge is 0.0672 e. The van der Waals surface area contributed by atoms with E-state index in [9.17, 15) is 0 Å². The van der Waals surface area contributed by atoms with Gasteiger partial charge in [0.1, 0.15) is 0 Å². The van der Waals surface area contributed by atoms with Crippen molar-refractivity contribution in [2.24, 2.45) is 5.92 Å². The fourth-order valence-corrected chi connectivity index (χ4v) is 2.18. The maximum Gasteiger partial charge on any atom is 0.0672 e. The second-order valence-electron chi connectivity index (χ2n) is 5.31. The van der Waals surface area contributed by atoms with E-state index in [1.807, 2.05) is 19.2 Å². The predicted molar refractivity (Wildman–Crippen MR) is 77.3 cm³/mol. The maximum atomic E-state index is 6.09. The second-order valence-corrected chi connectivity index (χ2v) is 5.31. The van der Waals surface area contributed by atoms with Crippen molar-refractivity contribution < 1.29 is 4.74 Å². The van der Waals surface area contributed by atoms with Gasteiger partial charge in [0.05, 0.1) is 29.7 Å². The molecule has 0 saturated heterocycles. The summed E-state index contributed by atoms with van der Waals surface area (Å²) in [5.41, 5.74) is 8.89. The highest BCUT2D eigenvalue weighted by Crippen LogP contribution is 2.29. The van der Waals surface area contributed by atoms with E-state index >= 15 is 0 Å². The molecule has 1 saturated carbocycles. The lowest BCUT2D eigenvalue weighted by atomic mass is 10.2. The number of ether oxygens (including phenoxy) is 1. The molecule has 1 aromatic heterocycles. The zero-order chi connectivity index (χ0) is 13.2. The average molecular weight is 260 g/mol. The molecule has 3 N–H and O–H groups in total. The van der Waals surface area contributed by atoms with Crippen LogP contribution in [0.2, 0.25) is 0 Å². The van der Waals surface area contributed by atoms with Gasteiger partial charge in [0.2, 0.25) is 0 Å². The third kappa shape index (κ3) is 2.81. The summed E-state index contributed by atoms with van der Waals surface area (Å²) in [6.45, 7) is 2.49. The Kier molecular flexibility index (Phi) is 3.29. The Labute approximate surface area is 112 Å². The van der Waals surface area contributed by atoms with Crippen molar-refractivity contribution in [2.45, 2.75) is 12.8 Å². The number of nitrogens with two attached hydrogens (primary N) is 1. The Morgan fingerprint density at radius 3 is 3.11 bits per heavy atom. The number of anilines is 2. The van der Waals surface area contributed by atoms with Crippen LogP contribution in [0.5, 0.6) is 0 Å². The van der Waals surface area contributed by atoms with Crippen molar-refractivity contribution in [1.29, 1.82) is 0 Å². The van der Waals surface area contributed by atoms with Crippen LogP contribution < -0.4 is 10.6 Å². The van der Waals surface area contributed by atoms with Crippen molar-refractivity contribution in [3.05, 3.63) is 18.3 Å². The number of nitrogens with zero attached hydrogens (tertiary/aromatic N) is 2. The number of aromatic nitrogens is 2. The topological polar surface area (TPSA) is 67.2 Å². The fraction of sp³-hybridized carbons (Fsp3) is 0.500. The highest BCUT2D eigenvalue weighted by atomic mass is 16.5. The minimum Gasteiger partial charge on any atom is -0.397 e. The molecule has 1 heterocycles. The van der Waals surface area contributed by atoms with Gasteiger partial charge < -0.3 is 15.4 Å². The molecule has 1 aromatic carbocycles. The van der Waals surface area contributed by atoms with Gasteiger partial charge in [-0.05, 0) is 30.9 Å². The molecule has 1 aliphatic rings. The Morgan fingerprint density at radius 1 is 1.47 bits per heavy atom. The highest BCUT2D eigenvalue weighted by molar-refractivity contribution is 5.88. The van der Waals surface area contributed by atoms with Gasteiger partial charge >= 0.3 is 0 Å². The lowest BCUT2D eigenvalue weighted by molar-refractivity contribution is 0.131. The first-order chi connectivity index (χ1) is 9.24. The molecular weight excluding hydrogens is 240 g/mol. The molecule has 2 aromatic rings. The molecule has 0 amide bonds. The van der Waals surface area contributed by atoms with Gasteiger partial charge in [-0.25, -0.2) is 0 Å². The largest absolute Gasteiger partial charge is 0.397 e. The number of benzene rings is 1. The molecule has 19 heavy (non-hydrogen) atoms. The van der Waals surface area contributed by atoms with Gasteiger partial charge in [-0.1, -0.05) is 0 Å². The second kappa shape index (κ2) is 5.09. The number of hydrogen-bond donors (Lipinski definition) is 2. The van der Waals surface area contributed by atoms with Gasteiger partial charge in [0.15, 0.2) is 0 Å². The molecule has 5 nitrogen and oxygen atoms in total. The first-order valence-corrected chi connectivity index (χ1v) is 6.75. The Hall–Kier alpha value is -1.75. The summed E-state index contributed by atoms with van der Waals surface area (Å²) in [7, 11) is 2.04. The average Bonchev–Trinajstić information content (AvgIpc) is 3.11. The van der Waals surface area contributed by atoms with Gasteiger partial charge in [-0.2, -0.15) is 5.10 Å². The van der Waals surface area contributed by atoms with Crippen LogP contribution in [0.3, 0.4) is 0 Å². The minimum absolute atomic E-state index is 0.744. The van der Waals surface area contributed by atoms with E-state index in [2.05, 4.69) is 15.1 Å². The van der Waals surface area contributed by atoms with Gasteiger partial charge in [-0.3, -0.25) is 5.10 Å². The van der Waals surface area contributed by atoms with Crippen molar-refractivity contribution in [3.8, 4) is 0 Å². The molecule has 0 unspecified atom stereocenters. The van der Waals surface area contributed by atoms with Crippen molar-refractivity contribution in [2.75, 3.05) is 37.4 Å². The van der Waals surface area contributed by atoms with Crippen LogP contribution in [0.4, 0.5) is 11.4 Å². The molecule has 5 heteroatoms. The third-order valence-corrected chi connectivity index (χ3v) is 3.62. The molecule has 0 spiro atoms. The van der Waals surface area contributed by atoms with Gasteiger partial charge in [-0.15, -0.1) is 0 Å². The number of nitrogens with one attached hydrogen (secondary N) is 1. The molecule has 1 fully saturated rings. The predicted octanol–water partition coefficient (Wildman–Crippen LogP) is 2.01. The fourth-order valence-electron chi connectivity index (χ4n) is 2.18. The van der Waals surface area contributed by atoms with Crippen molar-refractivity contribution in [1.82, 2.24) is 10.2 Å². The molecule has 1 aliphatic carbocycles. The quantitative estimate of drug-likeness (QED) is 0.616. The van der Waals surface area contributed by atoms with Crippen molar-refractivity contribution in [3.63, 3.8) is 0 Å². The number of aromatic amines is 1. The third-order valence-electron chi connectivity index (χ3n) is 3.62. The minimum atomic E-state index is 0.744. The molecule has 102 valence electrons. The van der Waals surface area contributed by atoms with E-state index in [1.165, 1.54) is 12.8 Å². The zero-order valence-corrected chi connectivity index (χ0v) is 11.2. The van der Waals surface area contributed by atoms with Crippen LogP contribution >= 0.6 is 0 Å². The van der Waals surface area contributed by atoms with E-state index in [-0.39, 0.29) is 0 Å². The zero-order valence-electron chi connectivity index (χ0n) is 11.2. The van der Waals surface area contributed by atoms with E-state index in [0.717, 1.165) is 48.0 Å². The van der Waals surface area contributed by atoms with Crippen LogP contribution in [0.25, 0.3) is 10.9 Å². The maximum absolute atomic E-state index is 6.09. The number of nitrogen functional groups attached to an aromatic ring is 1. The van der Waals surface area contributed by atoms with Crippen molar-refractivity contribution >= 4 is 22.3 Å². The van der Waals surface area contributed by atoms with Crippen LogP contribution in [0.1, 0.15) is 12.8 Å². The number of H-pyrrole nitrogens is 1. The lowest BCUT2D eigenvalue weighted by Gasteiger charge is -2.21. The summed E-state index contributed by atoms with van der Waals surface area (Å²) < 4.78 is 5.66. The summed E-state index contributed by atoms with van der Waals surface area (Å²) in [5.74, 6) is 0.816. The molecule has 0 atom stereocenters. The number of hydrogen-bond acceptors (Lipinski definition) is 4. The van der Waals surface area contributed by atoms with E-state index < -0.39 is 0 Å². The number of likely N-dealkylation sites (N-methyl/N-ethyl adjacent to an activating group) is 1. The Balaban J connectivity index is 1.62. The summed E-state index contributed by atoms with van der Waals surface area (Å²) in [6.07, 6.45) is 4.45. The monoisotopic (exact) mass is 260 g/mol. The first-order valence-electron chi connectivity index (χ1n) is 6.75. The normalized spacial score (nSPS) is 15.0. The van der Waals surface area contributed by atoms with E-state index in [1.54, 1.807) is 6.20 Å². The number of fused-ring (bicyclic) bond motifs is 1. The summed E-state index contributed by atoms with van der Waals surface area (Å²) in [5, 5.41) is 8.03. The van der Waals surface area contributed by atoms with Crippen LogP contribution in [-0.2, 0) is 4.74 Å². The molecule has 0 aliphatic heterocycles. The summed E-state index contributed by atoms with van der Waals surface area (Å²) in [4.78, 5) is 2.13. The first kappa shape index (κ1) is 12.3. The number of rotatable bonds is 6. The summed E-state index contributed by atoms with van der Waals surface area (Å²) in [6, 6.07) is 3.99. The van der Waals surface area contributed by atoms with E-state index in [0.29, 0.717) is 0 Å². The van der Waals surface area contributed by atoms with Crippen LogP contribution in [0.15, 0.2) is 18.3 Å². The van der Waals surface area contributed by atoms with Crippen LogP contribution in [-0.4, -0.2) is 37.0 Å². The Morgan fingerprint density at radius 2 is 2.32 bits per heavy atom.